The van der Waals surface area contributed by atoms with Crippen LogP contribution in [0.3, 0.4) is 0 Å². The molecule has 2 fully saturated rings. The van der Waals surface area contributed by atoms with Crippen molar-refractivity contribution in [1.29, 1.82) is 0 Å². The SMILES string of the molecule is O=C(Nc1cccc(C(F)(F)F)c1)c1ccc(NCCN2C(=O)[C@@H]3[C@H](C2=O)[C@H]2C=C[C@H]3C2)c([N+](=O)[O-])c1. The van der Waals surface area contributed by atoms with Gasteiger partial charge in [0.15, 0.2) is 0 Å². The first-order valence-corrected chi connectivity index (χ1v) is 11.6. The number of hydrogen-bond donors (Lipinski definition) is 2. The zero-order valence-corrected chi connectivity index (χ0v) is 19.2. The number of carbonyl (C=O) groups is 3. The van der Waals surface area contributed by atoms with Crippen LogP contribution in [0.25, 0.3) is 0 Å². The van der Waals surface area contributed by atoms with Crippen LogP contribution in [0.1, 0.15) is 22.3 Å². The molecule has 12 heteroatoms. The smallest absolute Gasteiger partial charge is 0.378 e. The van der Waals surface area contributed by atoms with E-state index < -0.39 is 28.3 Å². The Kier molecular flexibility index (Phi) is 5.97. The lowest BCUT2D eigenvalue weighted by molar-refractivity contribution is -0.384. The van der Waals surface area contributed by atoms with Gasteiger partial charge in [-0.3, -0.25) is 29.4 Å². The number of nitro benzene ring substituents is 1. The Balaban J connectivity index is 1.24. The number of imide groups is 1. The standard InChI is InChI=1S/C25H21F3N4O5/c26-25(27,28)16-2-1-3-17(12-16)30-22(33)15-6-7-18(19(11-15)32(36)37)29-8-9-31-23(34)20-13-4-5-14(10-13)21(20)24(31)35/h1-7,11-14,20-21,29H,8-10H2,(H,30,33)/t13-,14-,20-,21+/m0/s1. The van der Waals surface area contributed by atoms with E-state index in [2.05, 4.69) is 10.6 Å². The maximum atomic E-state index is 12.9. The second kappa shape index (κ2) is 9.02. The van der Waals surface area contributed by atoms with Gasteiger partial charge in [0.2, 0.25) is 11.8 Å². The fourth-order valence-electron chi connectivity index (χ4n) is 5.44. The molecule has 0 unspecified atom stereocenters. The summed E-state index contributed by atoms with van der Waals surface area (Å²) in [7, 11) is 0. The van der Waals surface area contributed by atoms with Crippen LogP contribution in [0.2, 0.25) is 0 Å². The van der Waals surface area contributed by atoms with Crippen molar-refractivity contribution < 1.29 is 32.5 Å². The van der Waals surface area contributed by atoms with Gasteiger partial charge in [-0.25, -0.2) is 0 Å². The third-order valence-electron chi connectivity index (χ3n) is 7.12. The molecule has 2 aliphatic carbocycles. The fraction of sp³-hybridized carbons (Fsp3) is 0.320. The van der Waals surface area contributed by atoms with Gasteiger partial charge in [0.05, 0.1) is 22.3 Å². The highest BCUT2D eigenvalue weighted by molar-refractivity contribution is 6.06. The second-order valence-electron chi connectivity index (χ2n) is 9.28. The van der Waals surface area contributed by atoms with E-state index in [0.717, 1.165) is 30.7 Å². The summed E-state index contributed by atoms with van der Waals surface area (Å²) in [6, 6.07) is 7.62. The number of rotatable bonds is 7. The molecule has 37 heavy (non-hydrogen) atoms. The maximum Gasteiger partial charge on any atom is 0.416 e. The van der Waals surface area contributed by atoms with Crippen molar-refractivity contribution in [2.45, 2.75) is 12.6 Å². The molecular formula is C25H21F3N4O5. The number of alkyl halides is 3. The number of amides is 3. The number of nitrogens with zero attached hydrogens (tertiary/aromatic N) is 2. The largest absolute Gasteiger partial charge is 0.416 e. The Hall–Kier alpha value is -4.22. The topological polar surface area (TPSA) is 122 Å². The summed E-state index contributed by atoms with van der Waals surface area (Å²) in [4.78, 5) is 50.2. The van der Waals surface area contributed by atoms with E-state index in [4.69, 9.17) is 0 Å². The minimum atomic E-state index is -4.59. The summed E-state index contributed by atoms with van der Waals surface area (Å²) in [5, 5.41) is 16.8. The van der Waals surface area contributed by atoms with Crippen molar-refractivity contribution in [3.05, 3.63) is 75.9 Å². The van der Waals surface area contributed by atoms with Gasteiger partial charge in [0.1, 0.15) is 5.69 Å². The van der Waals surface area contributed by atoms with Crippen LogP contribution >= 0.6 is 0 Å². The third kappa shape index (κ3) is 4.43. The molecular weight excluding hydrogens is 493 g/mol. The van der Waals surface area contributed by atoms with E-state index in [0.29, 0.717) is 0 Å². The Bertz CT molecular complexity index is 1310. The van der Waals surface area contributed by atoms with Crippen LogP contribution < -0.4 is 10.6 Å². The summed E-state index contributed by atoms with van der Waals surface area (Å²) in [6.07, 6.45) is 0.213. The normalized spacial score (nSPS) is 23.9. The van der Waals surface area contributed by atoms with Crippen LogP contribution in [0, 0.1) is 33.8 Å². The Labute approximate surface area is 208 Å². The highest BCUT2D eigenvalue weighted by Crippen LogP contribution is 2.52. The van der Waals surface area contributed by atoms with Gasteiger partial charge < -0.3 is 10.6 Å². The van der Waals surface area contributed by atoms with Gasteiger partial charge in [0, 0.05) is 30.4 Å². The van der Waals surface area contributed by atoms with Crippen LogP contribution in [0.15, 0.2) is 54.6 Å². The van der Waals surface area contributed by atoms with Crippen molar-refractivity contribution in [1.82, 2.24) is 4.90 Å². The van der Waals surface area contributed by atoms with E-state index in [-0.39, 0.29) is 65.5 Å². The Morgan fingerprint density at radius 2 is 1.73 bits per heavy atom. The summed E-state index contributed by atoms with van der Waals surface area (Å²) < 4.78 is 38.7. The minimum Gasteiger partial charge on any atom is -0.378 e. The lowest BCUT2D eigenvalue weighted by Gasteiger charge is -2.18. The summed E-state index contributed by atoms with van der Waals surface area (Å²) in [5.74, 6) is -1.75. The molecule has 0 radical (unpaired) electrons. The molecule has 1 heterocycles. The monoisotopic (exact) mass is 514 g/mol. The third-order valence-corrected chi connectivity index (χ3v) is 7.12. The molecule has 2 bridgehead atoms. The van der Waals surface area contributed by atoms with Crippen LogP contribution in [0.5, 0.6) is 0 Å². The number of halogens is 3. The number of likely N-dealkylation sites (tertiary alicyclic amines) is 1. The Morgan fingerprint density at radius 3 is 2.35 bits per heavy atom. The highest BCUT2D eigenvalue weighted by atomic mass is 19.4. The number of fused-ring (bicyclic) bond motifs is 5. The van der Waals surface area contributed by atoms with Crippen LogP contribution in [-0.4, -0.2) is 40.6 Å². The predicted octanol–water partition coefficient (Wildman–Crippen LogP) is 4.08. The van der Waals surface area contributed by atoms with Crippen molar-refractivity contribution in [3.8, 4) is 0 Å². The lowest BCUT2D eigenvalue weighted by Crippen LogP contribution is -2.36. The molecule has 2 aromatic carbocycles. The first-order chi connectivity index (χ1) is 17.5. The van der Waals surface area contributed by atoms with Crippen LogP contribution in [-0.2, 0) is 15.8 Å². The van der Waals surface area contributed by atoms with Gasteiger partial charge in [-0.05, 0) is 48.6 Å². The first kappa shape index (κ1) is 24.5. The maximum absolute atomic E-state index is 12.9. The molecule has 3 amide bonds. The average Bonchev–Trinajstić information content (AvgIpc) is 3.53. The van der Waals surface area contributed by atoms with Gasteiger partial charge in [0.25, 0.3) is 11.6 Å². The number of carbonyl (C=O) groups excluding carboxylic acids is 3. The molecule has 1 saturated heterocycles. The molecule has 9 nitrogen and oxygen atoms in total. The fourth-order valence-corrected chi connectivity index (χ4v) is 5.44. The quantitative estimate of drug-likeness (QED) is 0.249. The summed E-state index contributed by atoms with van der Waals surface area (Å²) in [6.45, 7) is 0.106. The zero-order chi connectivity index (χ0) is 26.5. The molecule has 1 aliphatic heterocycles. The van der Waals surface area contributed by atoms with Gasteiger partial charge >= 0.3 is 6.18 Å². The van der Waals surface area contributed by atoms with Gasteiger partial charge in [-0.1, -0.05) is 18.2 Å². The molecule has 1 saturated carbocycles. The first-order valence-electron chi connectivity index (χ1n) is 11.6. The number of benzene rings is 2. The van der Waals surface area contributed by atoms with Crippen molar-refractivity contribution in [3.63, 3.8) is 0 Å². The van der Waals surface area contributed by atoms with E-state index in [9.17, 15) is 37.7 Å². The zero-order valence-electron chi connectivity index (χ0n) is 19.2. The average molecular weight is 514 g/mol. The summed E-state index contributed by atoms with van der Waals surface area (Å²) in [5.41, 5.74) is -1.55. The van der Waals surface area contributed by atoms with Gasteiger partial charge in [-0.15, -0.1) is 0 Å². The minimum absolute atomic E-state index is 0.0407. The number of allylic oxidation sites excluding steroid dienone is 2. The molecule has 5 rings (SSSR count). The number of hydrogen-bond acceptors (Lipinski definition) is 6. The lowest BCUT2D eigenvalue weighted by atomic mass is 9.85. The summed E-state index contributed by atoms with van der Waals surface area (Å²) >= 11 is 0. The molecule has 0 spiro atoms. The van der Waals surface area contributed by atoms with E-state index in [1.165, 1.54) is 23.1 Å². The van der Waals surface area contributed by atoms with E-state index in [1.54, 1.807) is 0 Å². The van der Waals surface area contributed by atoms with E-state index >= 15 is 0 Å². The number of nitrogens with one attached hydrogen (secondary N) is 2. The molecule has 0 aromatic heterocycles. The molecule has 2 N–H and O–H groups in total. The molecule has 192 valence electrons. The van der Waals surface area contributed by atoms with Crippen molar-refractivity contribution in [2.24, 2.45) is 23.7 Å². The highest BCUT2D eigenvalue weighted by Gasteiger charge is 2.58. The van der Waals surface area contributed by atoms with Crippen molar-refractivity contribution >= 4 is 34.8 Å². The molecule has 2 aromatic rings. The van der Waals surface area contributed by atoms with Crippen LogP contribution in [0.4, 0.5) is 30.2 Å². The molecule has 3 aliphatic rings. The number of nitro groups is 1. The second-order valence-corrected chi connectivity index (χ2v) is 9.28. The number of anilines is 2. The Morgan fingerprint density at radius 1 is 1.05 bits per heavy atom. The van der Waals surface area contributed by atoms with Gasteiger partial charge in [-0.2, -0.15) is 13.2 Å². The van der Waals surface area contributed by atoms with E-state index in [1.807, 2.05) is 12.2 Å². The predicted molar refractivity (Wildman–Crippen MR) is 125 cm³/mol. The van der Waals surface area contributed by atoms with Crippen molar-refractivity contribution in [2.75, 3.05) is 23.7 Å². The molecule has 4 atom stereocenters.